The minimum atomic E-state index is -0.518. The Balaban J connectivity index is 2.21. The molecule has 19 heavy (non-hydrogen) atoms. The van der Waals surface area contributed by atoms with Crippen molar-refractivity contribution < 1.29 is 9.59 Å². The van der Waals surface area contributed by atoms with Gasteiger partial charge in [-0.25, -0.2) is 0 Å². The molecule has 0 bridgehead atoms. The van der Waals surface area contributed by atoms with Crippen molar-refractivity contribution in [1.29, 1.82) is 0 Å². The number of carbonyl (C=O) groups is 2. The van der Waals surface area contributed by atoms with Crippen molar-refractivity contribution in [3.63, 3.8) is 0 Å². The van der Waals surface area contributed by atoms with Crippen LogP contribution in [0.3, 0.4) is 0 Å². The molecule has 0 aromatic heterocycles. The van der Waals surface area contributed by atoms with Crippen LogP contribution in [0.25, 0.3) is 10.8 Å². The van der Waals surface area contributed by atoms with Crippen LogP contribution in [0.5, 0.6) is 0 Å². The third-order valence-electron chi connectivity index (χ3n) is 3.60. The Morgan fingerprint density at radius 2 is 1.89 bits per heavy atom. The van der Waals surface area contributed by atoms with Crippen molar-refractivity contribution in [2.24, 2.45) is 0 Å². The zero-order chi connectivity index (χ0) is 13.6. The standard InChI is InChI=1S/C15H14N2O2/c1-9(14(18)16-2)17-12-8-4-6-10-5-3-7-11(13(10)12)15(17)19/h3-9H,1-2H3,(H,16,18). The van der Waals surface area contributed by atoms with E-state index >= 15 is 0 Å². The Bertz CT molecular complexity index is 688. The van der Waals surface area contributed by atoms with Crippen LogP contribution in [0.2, 0.25) is 0 Å². The van der Waals surface area contributed by atoms with E-state index in [1.807, 2.05) is 36.4 Å². The molecule has 2 aromatic carbocycles. The van der Waals surface area contributed by atoms with Crippen LogP contribution < -0.4 is 10.2 Å². The zero-order valence-electron chi connectivity index (χ0n) is 10.8. The molecule has 1 unspecified atom stereocenters. The molecule has 1 N–H and O–H groups in total. The van der Waals surface area contributed by atoms with E-state index in [1.165, 1.54) is 0 Å². The van der Waals surface area contributed by atoms with E-state index in [-0.39, 0.29) is 11.8 Å². The van der Waals surface area contributed by atoms with Crippen LogP contribution in [-0.2, 0) is 4.79 Å². The second-order valence-corrected chi connectivity index (χ2v) is 4.65. The lowest BCUT2D eigenvalue weighted by Crippen LogP contribution is -2.45. The van der Waals surface area contributed by atoms with Gasteiger partial charge in [0.2, 0.25) is 5.91 Å². The van der Waals surface area contributed by atoms with Crippen LogP contribution in [0.15, 0.2) is 36.4 Å². The molecule has 0 radical (unpaired) electrons. The van der Waals surface area contributed by atoms with Gasteiger partial charge in [-0.1, -0.05) is 24.3 Å². The first-order valence-corrected chi connectivity index (χ1v) is 6.22. The normalized spacial score (nSPS) is 14.8. The van der Waals surface area contributed by atoms with Crippen molar-refractivity contribution in [3.8, 4) is 0 Å². The molecule has 1 atom stereocenters. The number of anilines is 1. The highest BCUT2D eigenvalue weighted by Crippen LogP contribution is 2.38. The van der Waals surface area contributed by atoms with E-state index in [9.17, 15) is 9.59 Å². The average molecular weight is 254 g/mol. The number of likely N-dealkylation sites (N-methyl/N-ethyl adjacent to an activating group) is 1. The summed E-state index contributed by atoms with van der Waals surface area (Å²) in [5.74, 6) is -0.277. The molecule has 1 aliphatic heterocycles. The summed E-state index contributed by atoms with van der Waals surface area (Å²) in [5, 5.41) is 4.55. The molecule has 0 spiro atoms. The van der Waals surface area contributed by atoms with Gasteiger partial charge in [-0.15, -0.1) is 0 Å². The van der Waals surface area contributed by atoms with Gasteiger partial charge in [-0.05, 0) is 24.4 Å². The molecule has 4 heteroatoms. The van der Waals surface area contributed by atoms with Crippen LogP contribution in [-0.4, -0.2) is 24.9 Å². The summed E-state index contributed by atoms with van der Waals surface area (Å²) in [6, 6.07) is 10.9. The molecule has 2 aromatic rings. The third kappa shape index (κ3) is 1.53. The van der Waals surface area contributed by atoms with E-state index in [4.69, 9.17) is 0 Å². The second kappa shape index (κ2) is 4.09. The molecule has 0 aliphatic carbocycles. The van der Waals surface area contributed by atoms with E-state index in [0.717, 1.165) is 16.5 Å². The zero-order valence-corrected chi connectivity index (χ0v) is 10.8. The molecule has 3 rings (SSSR count). The topological polar surface area (TPSA) is 49.4 Å². The summed E-state index contributed by atoms with van der Waals surface area (Å²) in [7, 11) is 1.58. The summed E-state index contributed by atoms with van der Waals surface area (Å²) in [6.07, 6.45) is 0. The summed E-state index contributed by atoms with van der Waals surface area (Å²) in [6.45, 7) is 1.74. The monoisotopic (exact) mass is 254 g/mol. The molecule has 2 amide bonds. The largest absolute Gasteiger partial charge is 0.357 e. The lowest BCUT2D eigenvalue weighted by Gasteiger charge is -2.24. The highest BCUT2D eigenvalue weighted by molar-refractivity contribution is 6.26. The summed E-state index contributed by atoms with van der Waals surface area (Å²) in [4.78, 5) is 25.9. The number of amides is 2. The van der Waals surface area contributed by atoms with Crippen molar-refractivity contribution in [2.75, 3.05) is 11.9 Å². The van der Waals surface area contributed by atoms with Gasteiger partial charge in [0.15, 0.2) is 0 Å². The molecule has 0 saturated heterocycles. The van der Waals surface area contributed by atoms with Gasteiger partial charge in [0.05, 0.1) is 5.69 Å². The first-order valence-electron chi connectivity index (χ1n) is 6.22. The smallest absolute Gasteiger partial charge is 0.259 e. The first-order chi connectivity index (χ1) is 9.15. The Hall–Kier alpha value is -2.36. The highest BCUT2D eigenvalue weighted by Gasteiger charge is 2.35. The minimum absolute atomic E-state index is 0.108. The number of rotatable bonds is 2. The Morgan fingerprint density at radius 3 is 2.58 bits per heavy atom. The van der Waals surface area contributed by atoms with Gasteiger partial charge in [-0.2, -0.15) is 0 Å². The predicted octanol–water partition coefficient (Wildman–Crippen LogP) is 1.93. The Labute approximate surface area is 111 Å². The van der Waals surface area contributed by atoms with Crippen molar-refractivity contribution in [2.45, 2.75) is 13.0 Å². The fourth-order valence-electron chi connectivity index (χ4n) is 2.65. The van der Waals surface area contributed by atoms with Gasteiger partial charge in [0.1, 0.15) is 6.04 Å². The number of nitrogens with zero attached hydrogens (tertiary/aromatic N) is 1. The maximum atomic E-state index is 12.5. The van der Waals surface area contributed by atoms with Crippen molar-refractivity contribution in [3.05, 3.63) is 42.0 Å². The SMILES string of the molecule is CNC(=O)C(C)N1C(=O)c2cccc3cccc1c23. The highest BCUT2D eigenvalue weighted by atomic mass is 16.2. The number of hydrogen-bond acceptors (Lipinski definition) is 2. The van der Waals surface area contributed by atoms with Crippen molar-refractivity contribution in [1.82, 2.24) is 5.32 Å². The summed E-state index contributed by atoms with van der Waals surface area (Å²) < 4.78 is 0. The first kappa shape index (κ1) is 11.7. The van der Waals surface area contributed by atoms with Crippen molar-refractivity contribution >= 4 is 28.3 Å². The van der Waals surface area contributed by atoms with Gasteiger partial charge >= 0.3 is 0 Å². The van der Waals surface area contributed by atoms with Gasteiger partial charge in [0, 0.05) is 18.0 Å². The fraction of sp³-hybridized carbons (Fsp3) is 0.200. The third-order valence-corrected chi connectivity index (χ3v) is 3.60. The average Bonchev–Trinajstić information content (AvgIpc) is 2.73. The Kier molecular flexibility index (Phi) is 2.52. The van der Waals surface area contributed by atoms with Crippen LogP contribution >= 0.6 is 0 Å². The number of benzene rings is 2. The van der Waals surface area contributed by atoms with Gasteiger partial charge in [0.25, 0.3) is 5.91 Å². The maximum absolute atomic E-state index is 12.5. The predicted molar refractivity (Wildman–Crippen MR) is 74.3 cm³/mol. The molecular formula is C15H14N2O2. The molecule has 96 valence electrons. The van der Waals surface area contributed by atoms with E-state index in [1.54, 1.807) is 18.9 Å². The molecule has 1 aliphatic rings. The van der Waals surface area contributed by atoms with Crippen LogP contribution in [0.1, 0.15) is 17.3 Å². The number of nitrogens with one attached hydrogen (secondary N) is 1. The lowest BCUT2D eigenvalue weighted by molar-refractivity contribution is -0.121. The van der Waals surface area contributed by atoms with Crippen LogP contribution in [0.4, 0.5) is 5.69 Å². The molecular weight excluding hydrogens is 240 g/mol. The van der Waals surface area contributed by atoms with Gasteiger partial charge in [-0.3, -0.25) is 14.5 Å². The second-order valence-electron chi connectivity index (χ2n) is 4.65. The molecule has 1 heterocycles. The van der Waals surface area contributed by atoms with E-state index in [2.05, 4.69) is 5.32 Å². The number of hydrogen-bond donors (Lipinski definition) is 1. The summed E-state index contributed by atoms with van der Waals surface area (Å²) >= 11 is 0. The van der Waals surface area contributed by atoms with E-state index < -0.39 is 6.04 Å². The van der Waals surface area contributed by atoms with Crippen LogP contribution in [0, 0.1) is 0 Å². The molecule has 0 saturated carbocycles. The summed E-state index contributed by atoms with van der Waals surface area (Å²) in [5.41, 5.74) is 1.48. The quantitative estimate of drug-likeness (QED) is 0.890. The van der Waals surface area contributed by atoms with E-state index in [0.29, 0.717) is 5.56 Å². The Morgan fingerprint density at radius 1 is 1.21 bits per heavy atom. The molecule has 0 fully saturated rings. The lowest BCUT2D eigenvalue weighted by atomic mass is 10.1. The minimum Gasteiger partial charge on any atom is -0.357 e. The maximum Gasteiger partial charge on any atom is 0.259 e. The molecule has 4 nitrogen and oxygen atoms in total. The van der Waals surface area contributed by atoms with Gasteiger partial charge < -0.3 is 5.32 Å². The fourth-order valence-corrected chi connectivity index (χ4v) is 2.65. The number of carbonyl (C=O) groups excluding carboxylic acids is 2.